The smallest absolute Gasteiger partial charge is 0.0124 e. The molecule has 15 heavy (non-hydrogen) atoms. The van der Waals surface area contributed by atoms with Gasteiger partial charge in [0.25, 0.3) is 0 Å². The Hall–Kier alpha value is -0.300. The zero-order valence-electron chi connectivity index (χ0n) is 9.67. The summed E-state index contributed by atoms with van der Waals surface area (Å²) in [6.07, 6.45) is 13.9. The zero-order chi connectivity index (χ0) is 10.1. The molecule has 1 N–H and O–H groups in total. The van der Waals surface area contributed by atoms with Crippen LogP contribution in [0.3, 0.4) is 0 Å². The summed E-state index contributed by atoms with van der Waals surface area (Å²) in [6.45, 7) is 1.24. The number of allylic oxidation sites excluding steroid dienone is 1. The van der Waals surface area contributed by atoms with Crippen molar-refractivity contribution in [3.8, 4) is 0 Å². The van der Waals surface area contributed by atoms with Crippen molar-refractivity contribution in [2.45, 2.75) is 57.4 Å². The third-order valence-electron chi connectivity index (χ3n) is 4.22. The molecule has 84 valence electrons. The largest absolute Gasteiger partial charge is 0.313 e. The van der Waals surface area contributed by atoms with Crippen LogP contribution in [0.5, 0.6) is 0 Å². The summed E-state index contributed by atoms with van der Waals surface area (Å²) in [6, 6.07) is 0.895. The van der Waals surface area contributed by atoms with Crippen LogP contribution < -0.4 is 5.32 Å². The van der Waals surface area contributed by atoms with Crippen LogP contribution in [-0.2, 0) is 0 Å². The third kappa shape index (κ3) is 2.63. The Morgan fingerprint density at radius 1 is 1.20 bits per heavy atom. The fourth-order valence-electron chi connectivity index (χ4n) is 2.99. The Bertz CT molecular complexity index is 236. The maximum atomic E-state index is 3.83. The molecule has 1 heteroatoms. The molecule has 1 nitrogen and oxygen atoms in total. The van der Waals surface area contributed by atoms with E-state index in [9.17, 15) is 0 Å². The highest BCUT2D eigenvalue weighted by Gasteiger charge is 2.40. The molecular weight excluding hydrogens is 182 g/mol. The number of hydrogen-bond acceptors (Lipinski definition) is 1. The van der Waals surface area contributed by atoms with Gasteiger partial charge >= 0.3 is 0 Å². The monoisotopic (exact) mass is 205 g/mol. The van der Waals surface area contributed by atoms with Crippen LogP contribution in [0.2, 0.25) is 0 Å². The summed E-state index contributed by atoms with van der Waals surface area (Å²) >= 11 is 0. The molecule has 0 amide bonds. The van der Waals surface area contributed by atoms with Gasteiger partial charge in [-0.05, 0) is 69.7 Å². The molecule has 3 rings (SSSR count). The van der Waals surface area contributed by atoms with Crippen molar-refractivity contribution >= 4 is 0 Å². The van der Waals surface area contributed by atoms with Crippen LogP contribution in [0.25, 0.3) is 0 Å². The van der Waals surface area contributed by atoms with Gasteiger partial charge in [-0.2, -0.15) is 0 Å². The van der Waals surface area contributed by atoms with Gasteiger partial charge in [0.15, 0.2) is 0 Å². The van der Waals surface area contributed by atoms with E-state index in [4.69, 9.17) is 0 Å². The van der Waals surface area contributed by atoms with Crippen LogP contribution in [0.1, 0.15) is 51.4 Å². The minimum Gasteiger partial charge on any atom is -0.313 e. The third-order valence-corrected chi connectivity index (χ3v) is 4.22. The minimum absolute atomic E-state index is 0.895. The van der Waals surface area contributed by atoms with E-state index < -0.39 is 0 Å². The molecule has 0 spiro atoms. The van der Waals surface area contributed by atoms with E-state index in [1.54, 1.807) is 5.57 Å². The first-order chi connectivity index (χ1) is 7.43. The molecule has 0 aromatic rings. The Kier molecular flexibility index (Phi) is 2.83. The maximum Gasteiger partial charge on any atom is 0.0124 e. The van der Waals surface area contributed by atoms with Crippen molar-refractivity contribution in [2.24, 2.45) is 11.8 Å². The lowest BCUT2D eigenvalue weighted by atomic mass is 10.1. The Balaban J connectivity index is 1.39. The summed E-state index contributed by atoms with van der Waals surface area (Å²) in [5.41, 5.74) is 1.72. The highest BCUT2D eigenvalue weighted by atomic mass is 14.9. The second kappa shape index (κ2) is 4.29. The second-order valence-electron chi connectivity index (χ2n) is 5.66. The van der Waals surface area contributed by atoms with Gasteiger partial charge in [-0.1, -0.05) is 11.6 Å². The topological polar surface area (TPSA) is 12.0 Å². The average molecular weight is 205 g/mol. The van der Waals surface area contributed by atoms with E-state index in [0.29, 0.717) is 0 Å². The van der Waals surface area contributed by atoms with Gasteiger partial charge in [0.1, 0.15) is 0 Å². The van der Waals surface area contributed by atoms with E-state index in [1.807, 2.05) is 0 Å². The summed E-state index contributed by atoms with van der Waals surface area (Å²) < 4.78 is 0. The Morgan fingerprint density at radius 3 is 2.47 bits per heavy atom. The predicted octanol–water partition coefficient (Wildman–Crippen LogP) is 3.27. The molecule has 0 aromatic carbocycles. The predicted molar refractivity (Wildman–Crippen MR) is 63.8 cm³/mol. The van der Waals surface area contributed by atoms with Crippen molar-refractivity contribution in [1.82, 2.24) is 5.32 Å². The van der Waals surface area contributed by atoms with E-state index in [-0.39, 0.29) is 0 Å². The van der Waals surface area contributed by atoms with E-state index in [0.717, 1.165) is 17.9 Å². The lowest BCUT2D eigenvalue weighted by molar-refractivity contribution is 0.419. The van der Waals surface area contributed by atoms with Gasteiger partial charge < -0.3 is 5.32 Å². The SMILES string of the molecule is C1=C(CCNC(C2CC2)C2CC2)CCC1. The van der Waals surface area contributed by atoms with Crippen molar-refractivity contribution < 1.29 is 0 Å². The van der Waals surface area contributed by atoms with Crippen molar-refractivity contribution in [1.29, 1.82) is 0 Å². The molecule has 0 saturated heterocycles. The number of nitrogens with one attached hydrogen (secondary N) is 1. The molecule has 0 aromatic heterocycles. The van der Waals surface area contributed by atoms with Crippen LogP contribution >= 0.6 is 0 Å². The molecule has 0 heterocycles. The van der Waals surface area contributed by atoms with E-state index in [2.05, 4.69) is 11.4 Å². The second-order valence-corrected chi connectivity index (χ2v) is 5.66. The molecule has 0 unspecified atom stereocenters. The van der Waals surface area contributed by atoms with Gasteiger partial charge in [0.2, 0.25) is 0 Å². The van der Waals surface area contributed by atoms with Crippen LogP contribution in [0.15, 0.2) is 11.6 Å². The molecular formula is C14H23N. The normalized spacial score (nSPS) is 26.1. The molecule has 3 aliphatic rings. The van der Waals surface area contributed by atoms with Gasteiger partial charge in [0, 0.05) is 6.04 Å². The minimum atomic E-state index is 0.895. The van der Waals surface area contributed by atoms with Crippen molar-refractivity contribution in [3.63, 3.8) is 0 Å². The number of rotatable bonds is 6. The highest BCUT2D eigenvalue weighted by molar-refractivity contribution is 5.08. The Labute approximate surface area is 93.3 Å². The highest BCUT2D eigenvalue weighted by Crippen LogP contribution is 2.44. The van der Waals surface area contributed by atoms with Gasteiger partial charge in [0.05, 0.1) is 0 Å². The number of hydrogen-bond donors (Lipinski definition) is 1. The van der Waals surface area contributed by atoms with Gasteiger partial charge in [-0.3, -0.25) is 0 Å². The average Bonchev–Trinajstić information content (AvgIpc) is 3.15. The van der Waals surface area contributed by atoms with Crippen molar-refractivity contribution in [2.75, 3.05) is 6.54 Å². The van der Waals surface area contributed by atoms with Crippen LogP contribution in [-0.4, -0.2) is 12.6 Å². The first-order valence-corrected chi connectivity index (χ1v) is 6.85. The summed E-state index contributed by atoms with van der Waals surface area (Å²) in [7, 11) is 0. The quantitative estimate of drug-likeness (QED) is 0.656. The van der Waals surface area contributed by atoms with Crippen molar-refractivity contribution in [3.05, 3.63) is 11.6 Å². The molecule has 3 aliphatic carbocycles. The molecule has 2 saturated carbocycles. The lowest BCUT2D eigenvalue weighted by Gasteiger charge is -2.17. The molecule has 0 aliphatic heterocycles. The molecule has 0 radical (unpaired) electrons. The van der Waals surface area contributed by atoms with Gasteiger partial charge in [-0.25, -0.2) is 0 Å². The first-order valence-electron chi connectivity index (χ1n) is 6.85. The van der Waals surface area contributed by atoms with Crippen LogP contribution in [0, 0.1) is 11.8 Å². The molecule has 2 fully saturated rings. The zero-order valence-corrected chi connectivity index (χ0v) is 9.67. The summed E-state index contributed by atoms with van der Waals surface area (Å²) in [5, 5.41) is 3.83. The van der Waals surface area contributed by atoms with Gasteiger partial charge in [-0.15, -0.1) is 0 Å². The summed E-state index contributed by atoms with van der Waals surface area (Å²) in [4.78, 5) is 0. The fourth-order valence-corrected chi connectivity index (χ4v) is 2.99. The maximum absolute atomic E-state index is 3.83. The standard InChI is InChI=1S/C14H23N/c1-2-4-11(3-1)9-10-15-14(12-5-6-12)13-7-8-13/h3,12-15H,1-2,4-10H2. The molecule has 0 bridgehead atoms. The van der Waals surface area contributed by atoms with E-state index >= 15 is 0 Å². The summed E-state index contributed by atoms with van der Waals surface area (Å²) in [5.74, 6) is 2.10. The first kappa shape index (κ1) is 9.89. The van der Waals surface area contributed by atoms with Crippen LogP contribution in [0.4, 0.5) is 0 Å². The van der Waals surface area contributed by atoms with E-state index in [1.165, 1.54) is 57.9 Å². The Morgan fingerprint density at radius 2 is 1.93 bits per heavy atom. The molecule has 0 atom stereocenters. The lowest BCUT2D eigenvalue weighted by Crippen LogP contribution is -2.33. The fraction of sp³-hybridized carbons (Fsp3) is 0.857.